The molecular formula is C21H18N2O3S2. The Morgan fingerprint density at radius 1 is 1.00 bits per heavy atom. The number of hydrogen-bond acceptors (Lipinski definition) is 5. The summed E-state index contributed by atoms with van der Waals surface area (Å²) >= 11 is 1.53. The van der Waals surface area contributed by atoms with Crippen molar-refractivity contribution in [1.29, 1.82) is 0 Å². The molecule has 0 aliphatic heterocycles. The summed E-state index contributed by atoms with van der Waals surface area (Å²) in [6.07, 6.45) is 0. The van der Waals surface area contributed by atoms with Crippen molar-refractivity contribution in [3.63, 3.8) is 0 Å². The highest BCUT2D eigenvalue weighted by Gasteiger charge is 2.22. The van der Waals surface area contributed by atoms with Gasteiger partial charge in [0.15, 0.2) is 0 Å². The molecule has 0 saturated heterocycles. The van der Waals surface area contributed by atoms with Gasteiger partial charge in [0.05, 0.1) is 23.0 Å². The summed E-state index contributed by atoms with van der Waals surface area (Å²) in [6.45, 7) is 1.84. The highest BCUT2D eigenvalue weighted by Crippen LogP contribution is 2.36. The van der Waals surface area contributed by atoms with Crippen molar-refractivity contribution >= 4 is 37.3 Å². The maximum Gasteiger partial charge on any atom is 0.265 e. The molecule has 0 aliphatic rings. The summed E-state index contributed by atoms with van der Waals surface area (Å²) in [6, 6.07) is 20.2. The molecule has 28 heavy (non-hydrogen) atoms. The summed E-state index contributed by atoms with van der Waals surface area (Å²) in [5.41, 5.74) is 2.94. The first-order valence-electron chi connectivity index (χ1n) is 8.60. The van der Waals surface area contributed by atoms with Crippen molar-refractivity contribution in [2.75, 3.05) is 11.8 Å². The first kappa shape index (κ1) is 18.5. The zero-order chi connectivity index (χ0) is 19.7. The third kappa shape index (κ3) is 3.46. The molecule has 4 aromatic rings. The van der Waals surface area contributed by atoms with Gasteiger partial charge in [-0.2, -0.15) is 0 Å². The van der Waals surface area contributed by atoms with Gasteiger partial charge in [0.1, 0.15) is 15.7 Å². The van der Waals surface area contributed by atoms with Crippen molar-refractivity contribution in [3.8, 4) is 16.3 Å². The average Bonchev–Trinajstić information content (AvgIpc) is 3.12. The van der Waals surface area contributed by atoms with Gasteiger partial charge in [-0.05, 0) is 48.9 Å². The van der Waals surface area contributed by atoms with Crippen LogP contribution in [0.1, 0.15) is 5.56 Å². The van der Waals surface area contributed by atoms with Gasteiger partial charge in [0, 0.05) is 5.56 Å². The Balaban J connectivity index is 1.78. The fraction of sp³-hybridized carbons (Fsp3) is 0.0952. The van der Waals surface area contributed by atoms with Crippen LogP contribution >= 0.6 is 11.3 Å². The summed E-state index contributed by atoms with van der Waals surface area (Å²) < 4.78 is 35.2. The molecule has 1 heterocycles. The molecule has 0 saturated carbocycles. The van der Waals surface area contributed by atoms with E-state index in [-0.39, 0.29) is 4.90 Å². The summed E-state index contributed by atoms with van der Waals surface area (Å²) in [7, 11) is -2.38. The number of sulfonamides is 1. The molecular weight excluding hydrogens is 392 g/mol. The molecule has 0 aliphatic carbocycles. The number of methoxy groups -OCH3 is 1. The maximum atomic E-state index is 13.1. The minimum absolute atomic E-state index is 0.106. The van der Waals surface area contributed by atoms with E-state index in [4.69, 9.17) is 4.74 Å². The minimum atomic E-state index is -3.84. The van der Waals surface area contributed by atoms with Gasteiger partial charge in [-0.15, -0.1) is 11.3 Å². The molecule has 0 unspecified atom stereocenters. The molecule has 4 rings (SSSR count). The fourth-order valence-electron chi connectivity index (χ4n) is 2.94. The highest BCUT2D eigenvalue weighted by atomic mass is 32.2. The van der Waals surface area contributed by atoms with Crippen LogP contribution in [0, 0.1) is 6.92 Å². The molecule has 1 aromatic heterocycles. The smallest absolute Gasteiger partial charge is 0.265 e. The average molecular weight is 411 g/mol. The Kier molecular flexibility index (Phi) is 4.78. The Hall–Kier alpha value is -2.90. The number of hydrogen-bond donors (Lipinski definition) is 1. The van der Waals surface area contributed by atoms with Crippen LogP contribution in [-0.4, -0.2) is 20.5 Å². The van der Waals surface area contributed by atoms with Crippen molar-refractivity contribution in [2.24, 2.45) is 0 Å². The molecule has 3 aromatic carbocycles. The molecule has 0 fully saturated rings. The van der Waals surface area contributed by atoms with E-state index in [2.05, 4.69) is 9.71 Å². The second-order valence-electron chi connectivity index (χ2n) is 6.29. The fourth-order valence-corrected chi connectivity index (χ4v) is 5.28. The Bertz CT molecular complexity index is 1230. The molecule has 0 atom stereocenters. The lowest BCUT2D eigenvalue weighted by Gasteiger charge is -2.14. The minimum Gasteiger partial charge on any atom is -0.495 e. The summed E-state index contributed by atoms with van der Waals surface area (Å²) in [5.74, 6) is 0.301. The van der Waals surface area contributed by atoms with Crippen LogP contribution < -0.4 is 9.46 Å². The van der Waals surface area contributed by atoms with Crippen LogP contribution in [0.4, 0.5) is 5.69 Å². The number of aryl methyl sites for hydroxylation is 1. The second-order valence-corrected chi connectivity index (χ2v) is 8.97. The molecule has 0 radical (unpaired) electrons. The number of anilines is 1. The number of rotatable bonds is 5. The first-order chi connectivity index (χ1) is 13.5. The molecule has 7 heteroatoms. The van der Waals surface area contributed by atoms with Crippen LogP contribution in [-0.2, 0) is 10.0 Å². The van der Waals surface area contributed by atoms with Gasteiger partial charge in [-0.25, -0.2) is 13.4 Å². The predicted molar refractivity (Wildman–Crippen MR) is 114 cm³/mol. The van der Waals surface area contributed by atoms with Gasteiger partial charge >= 0.3 is 0 Å². The monoisotopic (exact) mass is 410 g/mol. The number of nitrogens with zero attached hydrogens (tertiary/aromatic N) is 1. The second kappa shape index (κ2) is 7.26. The van der Waals surface area contributed by atoms with E-state index in [0.717, 1.165) is 26.4 Å². The van der Waals surface area contributed by atoms with Crippen LogP contribution in [0.3, 0.4) is 0 Å². The molecule has 0 bridgehead atoms. The maximum absolute atomic E-state index is 13.1. The van der Waals surface area contributed by atoms with E-state index >= 15 is 0 Å². The number of ether oxygens (including phenoxy) is 1. The van der Waals surface area contributed by atoms with Gasteiger partial charge < -0.3 is 4.74 Å². The molecule has 5 nitrogen and oxygen atoms in total. The number of thiazole rings is 1. The largest absolute Gasteiger partial charge is 0.495 e. The van der Waals surface area contributed by atoms with Crippen molar-refractivity contribution in [2.45, 2.75) is 11.8 Å². The number of nitrogens with one attached hydrogen (secondary N) is 1. The van der Waals surface area contributed by atoms with Crippen molar-refractivity contribution in [1.82, 2.24) is 4.98 Å². The van der Waals surface area contributed by atoms with Crippen LogP contribution in [0.2, 0.25) is 0 Å². The van der Waals surface area contributed by atoms with Crippen molar-refractivity contribution in [3.05, 3.63) is 72.3 Å². The van der Waals surface area contributed by atoms with Gasteiger partial charge in [0.25, 0.3) is 10.0 Å². The third-order valence-corrected chi connectivity index (χ3v) is 6.76. The molecule has 1 N–H and O–H groups in total. The van der Waals surface area contributed by atoms with Gasteiger partial charge in [-0.3, -0.25) is 4.72 Å². The third-order valence-electron chi connectivity index (χ3n) is 4.30. The van der Waals surface area contributed by atoms with E-state index in [1.165, 1.54) is 18.4 Å². The van der Waals surface area contributed by atoms with E-state index in [9.17, 15) is 8.42 Å². The van der Waals surface area contributed by atoms with Crippen LogP contribution in [0.5, 0.6) is 5.75 Å². The lowest BCUT2D eigenvalue weighted by atomic mass is 10.2. The summed E-state index contributed by atoms with van der Waals surface area (Å²) in [5, 5.41) is 0.760. The van der Waals surface area contributed by atoms with Crippen LogP contribution in [0.15, 0.2) is 71.6 Å². The number of fused-ring (bicyclic) bond motifs is 1. The Labute approximate surface area is 167 Å². The highest BCUT2D eigenvalue weighted by molar-refractivity contribution is 7.92. The van der Waals surface area contributed by atoms with E-state index < -0.39 is 10.0 Å². The van der Waals surface area contributed by atoms with Crippen molar-refractivity contribution < 1.29 is 13.2 Å². The van der Waals surface area contributed by atoms with Gasteiger partial charge in [0.2, 0.25) is 0 Å². The number of para-hydroxylation sites is 2. The van der Waals surface area contributed by atoms with E-state index in [1.807, 2.05) is 49.4 Å². The standard InChI is InChI=1S/C21H18N2O3S2/c1-14-11-12-18(26-2)20(13-14)28(24,25)23-16-8-4-3-7-15(16)21-22-17-9-5-6-10-19(17)27-21/h3-13,23H,1-2H3. The SMILES string of the molecule is COc1ccc(C)cc1S(=O)(=O)Nc1ccccc1-c1nc2ccccc2s1. The number of aromatic nitrogens is 1. The predicted octanol–water partition coefficient (Wildman–Crippen LogP) is 5.08. The lowest BCUT2D eigenvalue weighted by Crippen LogP contribution is -2.15. The Morgan fingerprint density at radius 2 is 1.75 bits per heavy atom. The van der Waals surface area contributed by atoms with Crippen LogP contribution in [0.25, 0.3) is 20.8 Å². The Morgan fingerprint density at radius 3 is 2.54 bits per heavy atom. The first-order valence-corrected chi connectivity index (χ1v) is 10.9. The zero-order valence-corrected chi connectivity index (χ0v) is 17.0. The molecule has 0 amide bonds. The summed E-state index contributed by atoms with van der Waals surface area (Å²) in [4.78, 5) is 4.76. The topological polar surface area (TPSA) is 68.3 Å². The normalized spacial score (nSPS) is 11.5. The molecule has 0 spiro atoms. The zero-order valence-electron chi connectivity index (χ0n) is 15.3. The van der Waals surface area contributed by atoms with E-state index in [0.29, 0.717) is 11.4 Å². The van der Waals surface area contributed by atoms with E-state index in [1.54, 1.807) is 24.3 Å². The van der Waals surface area contributed by atoms with Gasteiger partial charge in [-0.1, -0.05) is 30.3 Å². The molecule has 142 valence electrons. The lowest BCUT2D eigenvalue weighted by molar-refractivity contribution is 0.402. The quantitative estimate of drug-likeness (QED) is 0.498. The number of benzene rings is 3.